The van der Waals surface area contributed by atoms with Gasteiger partial charge < -0.3 is 44.8 Å². The first-order valence-corrected chi connectivity index (χ1v) is 18.0. The van der Waals surface area contributed by atoms with E-state index in [2.05, 4.69) is 40.1 Å². The Morgan fingerprint density at radius 2 is 1.81 bits per heavy atom. The van der Waals surface area contributed by atoms with Gasteiger partial charge in [0.05, 0.1) is 44.2 Å². The van der Waals surface area contributed by atoms with Gasteiger partial charge in [0.15, 0.2) is 5.60 Å². The number of ether oxygens (including phenoxy) is 3. The lowest BCUT2D eigenvalue weighted by Crippen LogP contribution is -2.44. The summed E-state index contributed by atoms with van der Waals surface area (Å²) < 4.78 is 15.2. The summed E-state index contributed by atoms with van der Waals surface area (Å²) in [5, 5.41) is 35.8. The third-order valence-corrected chi connectivity index (χ3v) is 8.81. The molecule has 1 aromatic carbocycles. The maximum absolute atomic E-state index is 13.3. The molecular weight excluding hydrogens is 776 g/mol. The van der Waals surface area contributed by atoms with E-state index in [1.807, 2.05) is 0 Å². The minimum Gasteiger partial charge on any atom is -0.495 e. The van der Waals surface area contributed by atoms with Crippen LogP contribution in [0.5, 0.6) is 5.75 Å². The molecular formula is C35H41ClN8O13. The van der Waals surface area contributed by atoms with Crippen molar-refractivity contribution in [2.45, 2.75) is 76.1 Å². The monoisotopic (exact) mass is 816 g/mol. The Labute approximate surface area is 330 Å². The van der Waals surface area contributed by atoms with Gasteiger partial charge in [-0.3, -0.25) is 19.2 Å². The minimum atomic E-state index is -2.94. The molecule has 0 radical (unpaired) electrons. The molecule has 1 fully saturated rings. The smallest absolute Gasteiger partial charge is 0.336 e. The number of amides is 1. The number of rotatable bonds is 22. The molecule has 21 nitrogen and oxygen atoms in total. The van der Waals surface area contributed by atoms with Gasteiger partial charge in [-0.25, -0.2) is 19.7 Å². The quantitative estimate of drug-likeness (QED) is 0.0372. The largest absolute Gasteiger partial charge is 0.495 e. The number of unbranched alkanes of at least 4 members (excludes halogenated alkanes) is 2. The van der Waals surface area contributed by atoms with Crippen molar-refractivity contribution in [3.63, 3.8) is 0 Å². The van der Waals surface area contributed by atoms with Crippen LogP contribution in [-0.4, -0.2) is 104 Å². The first kappa shape index (κ1) is 43.5. The average Bonchev–Trinajstić information content (AvgIpc) is 3.65. The van der Waals surface area contributed by atoms with Gasteiger partial charge in [0.1, 0.15) is 29.6 Å². The van der Waals surface area contributed by atoms with Crippen LogP contribution in [0.3, 0.4) is 0 Å². The van der Waals surface area contributed by atoms with E-state index in [1.165, 1.54) is 13.3 Å². The molecule has 0 saturated carbocycles. The number of anilines is 2. The maximum Gasteiger partial charge on any atom is 0.336 e. The van der Waals surface area contributed by atoms with E-state index < -0.39 is 59.4 Å². The molecule has 3 aromatic rings. The van der Waals surface area contributed by atoms with Gasteiger partial charge in [0, 0.05) is 38.1 Å². The molecule has 4 N–H and O–H groups in total. The average molecular weight is 817 g/mol. The van der Waals surface area contributed by atoms with Crippen LogP contribution in [0.15, 0.2) is 42.9 Å². The van der Waals surface area contributed by atoms with E-state index in [9.17, 15) is 44.3 Å². The van der Waals surface area contributed by atoms with E-state index in [0.29, 0.717) is 42.4 Å². The van der Waals surface area contributed by atoms with Crippen LogP contribution in [0.25, 0.3) is 0 Å². The fourth-order valence-electron chi connectivity index (χ4n) is 5.60. The third-order valence-electron chi connectivity index (χ3n) is 8.52. The predicted molar refractivity (Wildman–Crippen MR) is 196 cm³/mol. The standard InChI is InChI=1S/C35H41ClN8O13/c1-54-26-10-9-22(15-25(26)36)18-39-31-24(32(48)40-20-27-37-11-6-12-38-27)19-41-34(42-31)43-13-5-7-23(43)21-55-29(46)16-35(51,33(49)50)17-30(47)57-28(45)8-3-2-4-14-56-44(52)53/h6,9-12,15,19,23,51H,2-5,7-8,13-14,16-18,20-21H2,1H3,(H,40,48)(H,49,50)(H,39,41,42)/t23-,35?/m0/s1. The third kappa shape index (κ3) is 13.5. The zero-order chi connectivity index (χ0) is 41.4. The van der Waals surface area contributed by atoms with Gasteiger partial charge >= 0.3 is 23.9 Å². The van der Waals surface area contributed by atoms with Crippen LogP contribution in [0.1, 0.15) is 73.1 Å². The Morgan fingerprint density at radius 1 is 1.05 bits per heavy atom. The Morgan fingerprint density at radius 3 is 2.51 bits per heavy atom. The number of aliphatic hydroxyl groups is 1. The number of carboxylic acid groups (broad SMARTS) is 1. The van der Waals surface area contributed by atoms with Crippen LogP contribution in [-0.2, 0) is 46.6 Å². The summed E-state index contributed by atoms with van der Waals surface area (Å²) >= 11 is 6.31. The summed E-state index contributed by atoms with van der Waals surface area (Å²) in [7, 11) is 1.50. The summed E-state index contributed by atoms with van der Waals surface area (Å²) in [4.78, 5) is 95.7. The highest BCUT2D eigenvalue weighted by molar-refractivity contribution is 6.32. The van der Waals surface area contributed by atoms with Crippen LogP contribution >= 0.6 is 11.6 Å². The molecule has 4 rings (SSSR count). The topological polar surface area (TPSA) is 285 Å². The number of hydrogen-bond acceptors (Lipinski definition) is 18. The van der Waals surface area contributed by atoms with Crippen molar-refractivity contribution >= 4 is 53.2 Å². The van der Waals surface area contributed by atoms with Crippen molar-refractivity contribution in [2.75, 3.05) is 37.1 Å². The fraction of sp³-hybridized carbons (Fsp3) is 0.457. The van der Waals surface area contributed by atoms with Gasteiger partial charge in [0.25, 0.3) is 11.0 Å². The SMILES string of the molecule is COc1ccc(CNc2nc(N3CCC[C@H]3COC(=O)CC(O)(CC(=O)OC(=O)CCCCCO[N+](=O)[O-])C(=O)O)ncc2C(=O)NCc2ncccn2)cc1Cl. The highest BCUT2D eigenvalue weighted by Gasteiger charge is 2.43. The van der Waals surface area contributed by atoms with E-state index in [-0.39, 0.29) is 62.9 Å². The lowest BCUT2D eigenvalue weighted by atomic mass is 9.96. The van der Waals surface area contributed by atoms with E-state index >= 15 is 0 Å². The van der Waals surface area contributed by atoms with Gasteiger partial charge in [-0.05, 0) is 49.4 Å². The Kier molecular flexibility index (Phi) is 16.2. The van der Waals surface area contributed by atoms with Gasteiger partial charge in [0.2, 0.25) is 5.95 Å². The normalized spacial score (nSPS) is 14.5. The van der Waals surface area contributed by atoms with Gasteiger partial charge in [-0.15, -0.1) is 10.1 Å². The molecule has 0 bridgehead atoms. The highest BCUT2D eigenvalue weighted by Crippen LogP contribution is 2.28. The fourth-order valence-corrected chi connectivity index (χ4v) is 5.88. The summed E-state index contributed by atoms with van der Waals surface area (Å²) in [6, 6.07) is 6.36. The maximum atomic E-state index is 13.3. The summed E-state index contributed by atoms with van der Waals surface area (Å²) in [6.45, 7) is 0.257. The molecule has 1 aliphatic heterocycles. The number of aliphatic carboxylic acids is 1. The first-order chi connectivity index (χ1) is 27.3. The number of esters is 3. The molecule has 1 unspecified atom stereocenters. The van der Waals surface area contributed by atoms with Crippen molar-refractivity contribution in [2.24, 2.45) is 0 Å². The molecule has 306 valence electrons. The molecule has 57 heavy (non-hydrogen) atoms. The summed E-state index contributed by atoms with van der Waals surface area (Å²) in [5.41, 5.74) is -2.07. The molecule has 0 spiro atoms. The number of nitrogens with zero attached hydrogens (tertiary/aromatic N) is 6. The first-order valence-electron chi connectivity index (χ1n) is 17.6. The second kappa shape index (κ2) is 21.2. The molecule has 22 heteroatoms. The lowest BCUT2D eigenvalue weighted by Gasteiger charge is -2.26. The number of carbonyl (C=O) groups excluding carboxylic acids is 4. The summed E-state index contributed by atoms with van der Waals surface area (Å²) in [5.74, 6) is -4.68. The van der Waals surface area contributed by atoms with E-state index in [1.54, 1.807) is 41.6 Å². The molecule has 2 atom stereocenters. The van der Waals surface area contributed by atoms with Crippen molar-refractivity contribution in [3.05, 3.63) is 74.9 Å². The molecule has 1 aliphatic rings. The zero-order valence-corrected chi connectivity index (χ0v) is 31.5. The Hall–Kier alpha value is -6.22. The van der Waals surface area contributed by atoms with Crippen LogP contribution in [0.4, 0.5) is 11.8 Å². The minimum absolute atomic E-state index is 0.0398. The number of methoxy groups -OCH3 is 1. The van der Waals surface area contributed by atoms with E-state index in [4.69, 9.17) is 21.1 Å². The number of nitrogens with one attached hydrogen (secondary N) is 2. The van der Waals surface area contributed by atoms with Crippen LogP contribution in [0, 0.1) is 10.1 Å². The van der Waals surface area contributed by atoms with Crippen molar-refractivity contribution in [1.29, 1.82) is 0 Å². The molecule has 3 heterocycles. The second-order valence-corrected chi connectivity index (χ2v) is 13.1. The number of aromatic nitrogens is 4. The summed E-state index contributed by atoms with van der Waals surface area (Å²) in [6.07, 6.45) is 3.81. The Bertz CT molecular complexity index is 1910. The molecule has 1 saturated heterocycles. The number of hydrogen-bond donors (Lipinski definition) is 4. The zero-order valence-electron chi connectivity index (χ0n) is 30.8. The second-order valence-electron chi connectivity index (χ2n) is 12.7. The highest BCUT2D eigenvalue weighted by atomic mass is 35.5. The predicted octanol–water partition coefficient (Wildman–Crippen LogP) is 2.42. The molecule has 1 amide bonds. The number of carboxylic acids is 1. The van der Waals surface area contributed by atoms with Crippen molar-refractivity contribution in [1.82, 2.24) is 25.3 Å². The van der Waals surface area contributed by atoms with Crippen molar-refractivity contribution < 1.29 is 58.3 Å². The lowest BCUT2D eigenvalue weighted by molar-refractivity contribution is -0.757. The number of benzene rings is 1. The van der Waals surface area contributed by atoms with Crippen LogP contribution < -0.4 is 20.3 Å². The van der Waals surface area contributed by atoms with Crippen LogP contribution in [0.2, 0.25) is 5.02 Å². The Balaban J connectivity index is 1.38. The van der Waals surface area contributed by atoms with Crippen molar-refractivity contribution in [3.8, 4) is 5.75 Å². The molecule has 2 aromatic heterocycles. The van der Waals surface area contributed by atoms with E-state index in [0.717, 1.165) is 5.56 Å². The number of carbonyl (C=O) groups is 5. The number of halogens is 1. The molecule has 0 aliphatic carbocycles. The van der Waals surface area contributed by atoms with Gasteiger partial charge in [-0.2, -0.15) is 4.98 Å². The van der Waals surface area contributed by atoms with Gasteiger partial charge in [-0.1, -0.05) is 24.1 Å².